The van der Waals surface area contributed by atoms with E-state index in [9.17, 15) is 4.79 Å². The van der Waals surface area contributed by atoms with Crippen LogP contribution in [0.5, 0.6) is 0 Å². The molecule has 4 unspecified atom stereocenters. The average Bonchev–Trinajstić information content (AvgIpc) is 3.35. The lowest BCUT2D eigenvalue weighted by Gasteiger charge is -2.33. The van der Waals surface area contributed by atoms with Crippen molar-refractivity contribution in [3.63, 3.8) is 0 Å². The van der Waals surface area contributed by atoms with E-state index in [-0.39, 0.29) is 0 Å². The van der Waals surface area contributed by atoms with Gasteiger partial charge in [-0.05, 0) is 22.3 Å². The van der Waals surface area contributed by atoms with Crippen molar-refractivity contribution in [2.45, 2.75) is 23.4 Å². The van der Waals surface area contributed by atoms with Crippen molar-refractivity contribution in [1.29, 1.82) is 0 Å². The van der Waals surface area contributed by atoms with E-state index in [4.69, 9.17) is 14.2 Å². The minimum atomic E-state index is -0.884. The molecule has 0 amide bonds. The summed E-state index contributed by atoms with van der Waals surface area (Å²) in [5, 5.41) is 0. The van der Waals surface area contributed by atoms with Gasteiger partial charge in [0.15, 0.2) is 23.4 Å². The quantitative estimate of drug-likeness (QED) is 0.648. The van der Waals surface area contributed by atoms with Crippen LogP contribution in [0.25, 0.3) is 0 Å². The van der Waals surface area contributed by atoms with E-state index in [1.165, 1.54) is 0 Å². The van der Waals surface area contributed by atoms with Crippen molar-refractivity contribution in [2.24, 2.45) is 0 Å². The molecule has 4 nitrogen and oxygen atoms in total. The average molecular weight is 356 g/mol. The van der Waals surface area contributed by atoms with Gasteiger partial charge in [0.1, 0.15) is 0 Å². The van der Waals surface area contributed by atoms with Crippen LogP contribution in [0.4, 0.5) is 4.79 Å². The molecule has 0 spiro atoms. The predicted octanol–water partition coefficient (Wildman–Crippen LogP) is 4.12. The highest BCUT2D eigenvalue weighted by atomic mass is 16.8. The third kappa shape index (κ3) is 1.65. The van der Waals surface area contributed by atoms with Gasteiger partial charge in [0.2, 0.25) is 0 Å². The summed E-state index contributed by atoms with van der Waals surface area (Å²) in [6.07, 6.45) is -1.72. The van der Waals surface area contributed by atoms with Gasteiger partial charge in [0, 0.05) is 0 Å². The van der Waals surface area contributed by atoms with Gasteiger partial charge in [-0.15, -0.1) is 0 Å². The molecule has 27 heavy (non-hydrogen) atoms. The molecule has 3 aliphatic heterocycles. The zero-order valence-electron chi connectivity index (χ0n) is 14.4. The first-order valence-corrected chi connectivity index (χ1v) is 9.05. The van der Waals surface area contributed by atoms with Crippen molar-refractivity contribution >= 4 is 6.16 Å². The summed E-state index contributed by atoms with van der Waals surface area (Å²) >= 11 is 0. The Morgan fingerprint density at radius 2 is 1.00 bits per heavy atom. The van der Waals surface area contributed by atoms with Crippen LogP contribution in [0, 0.1) is 0 Å². The molecule has 3 heterocycles. The Hall–Kier alpha value is -3.11. The van der Waals surface area contributed by atoms with Crippen LogP contribution in [0.1, 0.15) is 22.3 Å². The van der Waals surface area contributed by atoms with Gasteiger partial charge < -0.3 is 14.2 Å². The fourth-order valence-corrected chi connectivity index (χ4v) is 5.00. The van der Waals surface area contributed by atoms with Crippen LogP contribution in [0.2, 0.25) is 0 Å². The van der Waals surface area contributed by atoms with Crippen LogP contribution in [-0.2, 0) is 25.4 Å². The number of carbonyl (C=O) groups is 1. The van der Waals surface area contributed by atoms with Gasteiger partial charge >= 0.3 is 6.16 Å². The van der Waals surface area contributed by atoms with Crippen molar-refractivity contribution in [3.8, 4) is 0 Å². The lowest BCUT2D eigenvalue weighted by molar-refractivity contribution is -0.0928. The number of rotatable bonds is 2. The summed E-state index contributed by atoms with van der Waals surface area (Å²) in [7, 11) is 0. The van der Waals surface area contributed by atoms with Crippen LogP contribution in [0.15, 0.2) is 84.9 Å². The number of fused-ring (bicyclic) bond motifs is 8. The SMILES string of the molecule is O=C1OC2C(O1)C1(c3ccccc3)OC2(c2ccccc2)c2ccccc21. The van der Waals surface area contributed by atoms with Crippen molar-refractivity contribution in [2.75, 3.05) is 0 Å². The summed E-state index contributed by atoms with van der Waals surface area (Å²) in [4.78, 5) is 12.2. The topological polar surface area (TPSA) is 44.8 Å². The minimum Gasteiger partial charge on any atom is -0.423 e. The van der Waals surface area contributed by atoms with E-state index in [1.807, 2.05) is 72.8 Å². The molecule has 132 valence electrons. The number of hydrogen-bond donors (Lipinski definition) is 0. The maximum Gasteiger partial charge on any atom is 0.509 e. The minimum absolute atomic E-state index is 0.539. The molecule has 3 aromatic carbocycles. The second-order valence-electron chi connectivity index (χ2n) is 7.18. The van der Waals surface area contributed by atoms with Gasteiger partial charge in [-0.2, -0.15) is 0 Å². The van der Waals surface area contributed by atoms with E-state index in [1.54, 1.807) is 0 Å². The molecule has 6 rings (SSSR count). The first kappa shape index (κ1) is 15.0. The molecule has 0 aromatic heterocycles. The third-order valence-corrected chi connectivity index (χ3v) is 5.98. The molecule has 2 fully saturated rings. The molecule has 0 N–H and O–H groups in total. The molecule has 3 aliphatic rings. The first-order chi connectivity index (χ1) is 13.3. The lowest BCUT2D eigenvalue weighted by Crippen LogP contribution is -2.46. The predicted molar refractivity (Wildman–Crippen MR) is 97.1 cm³/mol. The van der Waals surface area contributed by atoms with E-state index in [0.717, 1.165) is 22.3 Å². The number of ether oxygens (including phenoxy) is 3. The summed E-state index contributed by atoms with van der Waals surface area (Å²) < 4.78 is 18.3. The van der Waals surface area contributed by atoms with E-state index in [0.29, 0.717) is 0 Å². The fraction of sp³-hybridized carbons (Fsp3) is 0.174. The second-order valence-corrected chi connectivity index (χ2v) is 7.18. The maximum atomic E-state index is 12.2. The zero-order chi connectivity index (χ0) is 18.1. The molecule has 3 aromatic rings. The molecule has 0 saturated carbocycles. The Morgan fingerprint density at radius 3 is 1.44 bits per heavy atom. The highest BCUT2D eigenvalue weighted by Crippen LogP contribution is 2.66. The summed E-state index contributed by atoms with van der Waals surface area (Å²) in [6.45, 7) is 0. The van der Waals surface area contributed by atoms with Crippen LogP contribution >= 0.6 is 0 Å². The molecule has 2 bridgehead atoms. The van der Waals surface area contributed by atoms with Gasteiger partial charge in [-0.25, -0.2) is 4.79 Å². The zero-order valence-corrected chi connectivity index (χ0v) is 14.4. The number of hydrogen-bond acceptors (Lipinski definition) is 4. The van der Waals surface area contributed by atoms with E-state index in [2.05, 4.69) is 12.1 Å². The number of carbonyl (C=O) groups excluding carboxylic acids is 1. The fourth-order valence-electron chi connectivity index (χ4n) is 5.00. The summed E-state index contributed by atoms with van der Waals surface area (Å²) in [6, 6.07) is 28.0. The molecular formula is C23H16O4. The normalized spacial score (nSPS) is 32.5. The molecule has 2 saturated heterocycles. The Bertz CT molecular complexity index is 966. The molecule has 4 atom stereocenters. The smallest absolute Gasteiger partial charge is 0.423 e. The largest absolute Gasteiger partial charge is 0.509 e. The third-order valence-electron chi connectivity index (χ3n) is 5.98. The van der Waals surface area contributed by atoms with Crippen LogP contribution in [-0.4, -0.2) is 18.4 Å². The van der Waals surface area contributed by atoms with Crippen molar-refractivity contribution in [1.82, 2.24) is 0 Å². The Labute approximate surface area is 156 Å². The summed E-state index contributed by atoms with van der Waals surface area (Å²) in [5.74, 6) is 0. The summed E-state index contributed by atoms with van der Waals surface area (Å²) in [5.41, 5.74) is 2.20. The van der Waals surface area contributed by atoms with Crippen molar-refractivity contribution in [3.05, 3.63) is 107 Å². The van der Waals surface area contributed by atoms with Gasteiger partial charge in [0.05, 0.1) is 0 Å². The highest BCUT2D eigenvalue weighted by Gasteiger charge is 2.76. The molecule has 4 heteroatoms. The molecule has 0 aliphatic carbocycles. The maximum absolute atomic E-state index is 12.2. The standard InChI is InChI=1S/C23H16O4/c24-21-25-19-20(26-21)23(16-11-5-2-6-12-16)18-14-8-7-13-17(18)22(19,27-23)15-9-3-1-4-10-15/h1-14,19-20H. The van der Waals surface area contributed by atoms with Crippen LogP contribution < -0.4 is 0 Å². The second kappa shape index (κ2) is 4.99. The highest BCUT2D eigenvalue weighted by molar-refractivity contribution is 5.68. The van der Waals surface area contributed by atoms with Crippen molar-refractivity contribution < 1.29 is 19.0 Å². The van der Waals surface area contributed by atoms with Gasteiger partial charge in [-0.3, -0.25) is 0 Å². The van der Waals surface area contributed by atoms with E-state index >= 15 is 0 Å². The Balaban J connectivity index is 1.71. The molecular weight excluding hydrogens is 340 g/mol. The Kier molecular flexibility index (Phi) is 2.77. The Morgan fingerprint density at radius 1 is 0.593 bits per heavy atom. The monoisotopic (exact) mass is 356 g/mol. The van der Waals surface area contributed by atoms with Gasteiger partial charge in [0.25, 0.3) is 0 Å². The lowest BCUT2D eigenvalue weighted by atomic mass is 9.68. The van der Waals surface area contributed by atoms with E-state index < -0.39 is 29.6 Å². The van der Waals surface area contributed by atoms with Crippen LogP contribution in [0.3, 0.4) is 0 Å². The first-order valence-electron chi connectivity index (χ1n) is 9.05. The number of benzene rings is 3. The van der Waals surface area contributed by atoms with Gasteiger partial charge in [-0.1, -0.05) is 84.9 Å². The molecule has 0 radical (unpaired) electrons.